The minimum Gasteiger partial charge on any atom is -0.445 e. The zero-order chi connectivity index (χ0) is 14.5. The smallest absolute Gasteiger partial charge is 0.339 e. The van der Waals surface area contributed by atoms with Crippen molar-refractivity contribution in [3.63, 3.8) is 0 Å². The van der Waals surface area contributed by atoms with Gasteiger partial charge in [-0.3, -0.25) is 14.9 Å². The summed E-state index contributed by atoms with van der Waals surface area (Å²) < 4.78 is 5.06. The number of thiophene rings is 1. The van der Waals surface area contributed by atoms with Gasteiger partial charge in [0.1, 0.15) is 0 Å². The number of nitrogens with zero attached hydrogens (tertiary/aromatic N) is 1. The molecular weight excluding hydrogens is 282 g/mol. The Kier molecular flexibility index (Phi) is 4.21. The van der Waals surface area contributed by atoms with E-state index in [-0.39, 0.29) is 11.3 Å². The van der Waals surface area contributed by atoms with Gasteiger partial charge in [-0.25, -0.2) is 4.79 Å². The van der Waals surface area contributed by atoms with Crippen molar-refractivity contribution in [2.75, 3.05) is 0 Å². The first-order chi connectivity index (χ1) is 9.61. The Balaban J connectivity index is 2.11. The lowest BCUT2D eigenvalue weighted by atomic mass is 10.2. The fourth-order valence-corrected chi connectivity index (χ4v) is 2.22. The number of non-ortho nitro benzene ring substituents is 1. The number of rotatable bonds is 5. The maximum Gasteiger partial charge on any atom is 0.339 e. The summed E-state index contributed by atoms with van der Waals surface area (Å²) in [6.45, 7) is 0. The fourth-order valence-electron chi connectivity index (χ4n) is 1.51. The lowest BCUT2D eigenvalue weighted by molar-refractivity contribution is -0.384. The molecule has 0 radical (unpaired) electrons. The molecule has 0 N–H and O–H groups in total. The van der Waals surface area contributed by atoms with E-state index in [0.717, 1.165) is 0 Å². The van der Waals surface area contributed by atoms with Crippen LogP contribution < -0.4 is 0 Å². The summed E-state index contributed by atoms with van der Waals surface area (Å²) in [5.74, 6) is -0.703. The topological polar surface area (TPSA) is 86.5 Å². The standard InChI is InChI=1S/C13H9NO5S/c15-8-11(12-2-1-7-20-12)19-13(16)9-3-5-10(6-4-9)14(17)18/h1-8,11H. The molecule has 6 nitrogen and oxygen atoms in total. The number of benzene rings is 1. The van der Waals surface area contributed by atoms with Gasteiger partial charge in [0.15, 0.2) is 12.4 Å². The highest BCUT2D eigenvalue weighted by Crippen LogP contribution is 2.22. The van der Waals surface area contributed by atoms with Crippen LogP contribution in [-0.4, -0.2) is 17.2 Å². The lowest BCUT2D eigenvalue weighted by Crippen LogP contribution is -2.11. The molecule has 1 heterocycles. The zero-order valence-electron chi connectivity index (χ0n) is 10.1. The molecule has 1 aromatic heterocycles. The van der Waals surface area contributed by atoms with Crippen LogP contribution in [0.15, 0.2) is 41.8 Å². The second-order valence-corrected chi connectivity index (χ2v) is 4.76. The van der Waals surface area contributed by atoms with Crippen molar-refractivity contribution in [1.82, 2.24) is 0 Å². The second kappa shape index (κ2) is 6.07. The van der Waals surface area contributed by atoms with Gasteiger partial charge in [-0.05, 0) is 23.6 Å². The van der Waals surface area contributed by atoms with E-state index in [2.05, 4.69) is 0 Å². The number of carbonyl (C=O) groups is 2. The van der Waals surface area contributed by atoms with Crippen molar-refractivity contribution in [2.24, 2.45) is 0 Å². The van der Waals surface area contributed by atoms with Crippen molar-refractivity contribution in [2.45, 2.75) is 6.10 Å². The molecule has 0 aliphatic heterocycles. The summed E-state index contributed by atoms with van der Waals surface area (Å²) in [6.07, 6.45) is -0.424. The van der Waals surface area contributed by atoms with Gasteiger partial charge in [0.2, 0.25) is 0 Å². The largest absolute Gasteiger partial charge is 0.445 e. The third-order valence-corrected chi connectivity index (χ3v) is 3.43. The minimum atomic E-state index is -0.960. The number of nitro benzene ring substituents is 1. The maximum absolute atomic E-state index is 11.8. The minimum absolute atomic E-state index is 0.119. The molecule has 1 unspecified atom stereocenters. The zero-order valence-corrected chi connectivity index (χ0v) is 10.9. The molecule has 2 aromatic rings. The molecule has 1 atom stereocenters. The highest BCUT2D eigenvalue weighted by molar-refractivity contribution is 7.10. The second-order valence-electron chi connectivity index (χ2n) is 3.78. The third-order valence-electron chi connectivity index (χ3n) is 2.50. The van der Waals surface area contributed by atoms with Crippen molar-refractivity contribution in [3.8, 4) is 0 Å². The average molecular weight is 291 g/mol. The predicted octanol–water partition coefficient (Wildman–Crippen LogP) is 2.75. The van der Waals surface area contributed by atoms with E-state index in [9.17, 15) is 19.7 Å². The van der Waals surface area contributed by atoms with Crippen LogP contribution in [0, 0.1) is 10.1 Å². The van der Waals surface area contributed by atoms with Crippen LogP contribution in [0.4, 0.5) is 5.69 Å². The van der Waals surface area contributed by atoms with Crippen LogP contribution in [0.25, 0.3) is 0 Å². The van der Waals surface area contributed by atoms with E-state index in [4.69, 9.17) is 4.74 Å². The van der Waals surface area contributed by atoms with Gasteiger partial charge in [0, 0.05) is 12.1 Å². The van der Waals surface area contributed by atoms with Crippen molar-refractivity contribution in [3.05, 3.63) is 62.3 Å². The summed E-state index contributed by atoms with van der Waals surface area (Å²) in [7, 11) is 0. The number of ether oxygens (including phenoxy) is 1. The normalized spacial score (nSPS) is 11.6. The molecule has 0 aliphatic rings. The molecule has 0 fully saturated rings. The van der Waals surface area contributed by atoms with Gasteiger partial charge in [0.25, 0.3) is 5.69 Å². The van der Waals surface area contributed by atoms with E-state index in [0.29, 0.717) is 11.2 Å². The van der Waals surface area contributed by atoms with Gasteiger partial charge in [-0.2, -0.15) is 0 Å². The van der Waals surface area contributed by atoms with Crippen LogP contribution in [0.2, 0.25) is 0 Å². The Morgan fingerprint density at radius 1 is 1.30 bits per heavy atom. The van der Waals surface area contributed by atoms with Gasteiger partial charge < -0.3 is 4.74 Å². The first-order valence-electron chi connectivity index (χ1n) is 5.56. The van der Waals surface area contributed by atoms with Crippen LogP contribution >= 0.6 is 11.3 Å². The van der Waals surface area contributed by atoms with E-state index < -0.39 is 17.0 Å². The van der Waals surface area contributed by atoms with Crippen LogP contribution in [-0.2, 0) is 9.53 Å². The molecule has 0 bridgehead atoms. The van der Waals surface area contributed by atoms with E-state index >= 15 is 0 Å². The summed E-state index contributed by atoms with van der Waals surface area (Å²) in [4.78, 5) is 33.4. The quantitative estimate of drug-likeness (QED) is 0.366. The molecule has 0 saturated carbocycles. The first-order valence-corrected chi connectivity index (χ1v) is 6.44. The van der Waals surface area contributed by atoms with Crippen LogP contribution in [0.5, 0.6) is 0 Å². The number of carbonyl (C=O) groups excluding carboxylic acids is 2. The van der Waals surface area contributed by atoms with Crippen LogP contribution in [0.1, 0.15) is 21.3 Å². The molecule has 1 aromatic carbocycles. The molecule has 0 aliphatic carbocycles. The van der Waals surface area contributed by atoms with Crippen molar-refractivity contribution in [1.29, 1.82) is 0 Å². The molecule has 20 heavy (non-hydrogen) atoms. The summed E-state index contributed by atoms with van der Waals surface area (Å²) >= 11 is 1.30. The van der Waals surface area contributed by atoms with E-state index in [1.807, 2.05) is 0 Å². The number of hydrogen-bond acceptors (Lipinski definition) is 6. The summed E-state index contributed by atoms with van der Waals surface area (Å²) in [5, 5.41) is 12.3. The highest BCUT2D eigenvalue weighted by Gasteiger charge is 2.18. The molecule has 0 saturated heterocycles. The average Bonchev–Trinajstić information content (AvgIpc) is 2.98. The molecule has 7 heteroatoms. The third kappa shape index (κ3) is 3.07. The summed E-state index contributed by atoms with van der Waals surface area (Å²) in [6, 6.07) is 8.42. The Morgan fingerprint density at radius 2 is 2.00 bits per heavy atom. The molecule has 0 amide bonds. The van der Waals surface area contributed by atoms with Crippen molar-refractivity contribution >= 4 is 29.3 Å². The Hall–Kier alpha value is -2.54. The Morgan fingerprint density at radius 3 is 2.50 bits per heavy atom. The molecule has 102 valence electrons. The lowest BCUT2D eigenvalue weighted by Gasteiger charge is -2.10. The number of aldehydes is 1. The Labute approximate surface area is 117 Å². The number of esters is 1. The van der Waals surface area contributed by atoms with Gasteiger partial charge in [-0.15, -0.1) is 11.3 Å². The van der Waals surface area contributed by atoms with Gasteiger partial charge >= 0.3 is 5.97 Å². The highest BCUT2D eigenvalue weighted by atomic mass is 32.1. The SMILES string of the molecule is O=CC(OC(=O)c1ccc([N+](=O)[O-])cc1)c1cccs1. The van der Waals surface area contributed by atoms with Crippen LogP contribution in [0.3, 0.4) is 0 Å². The van der Waals surface area contributed by atoms with Gasteiger partial charge in [0.05, 0.1) is 15.4 Å². The van der Waals surface area contributed by atoms with Crippen molar-refractivity contribution < 1.29 is 19.2 Å². The molecular formula is C13H9NO5S. The number of nitro groups is 1. The Bertz CT molecular complexity index is 621. The fraction of sp³-hybridized carbons (Fsp3) is 0.0769. The first kappa shape index (κ1) is 13.9. The molecule has 0 spiro atoms. The van der Waals surface area contributed by atoms with E-state index in [1.165, 1.54) is 35.6 Å². The monoisotopic (exact) mass is 291 g/mol. The summed E-state index contributed by atoms with van der Waals surface area (Å²) in [5.41, 5.74) is 0.0331. The number of hydrogen-bond donors (Lipinski definition) is 0. The maximum atomic E-state index is 11.8. The van der Waals surface area contributed by atoms with Gasteiger partial charge in [-0.1, -0.05) is 6.07 Å². The predicted molar refractivity (Wildman–Crippen MR) is 71.6 cm³/mol. The molecule has 2 rings (SSSR count). The van der Waals surface area contributed by atoms with E-state index in [1.54, 1.807) is 17.5 Å².